The van der Waals surface area contributed by atoms with Gasteiger partial charge < -0.3 is 5.73 Å². The van der Waals surface area contributed by atoms with Crippen LogP contribution in [0.3, 0.4) is 0 Å². The van der Waals surface area contributed by atoms with Gasteiger partial charge in [-0.25, -0.2) is 17.1 Å². The number of halogens is 1. The Morgan fingerprint density at radius 2 is 1.88 bits per heavy atom. The van der Waals surface area contributed by atoms with Crippen molar-refractivity contribution in [3.05, 3.63) is 58.7 Å². The highest BCUT2D eigenvalue weighted by Crippen LogP contribution is 2.20. The molecule has 0 radical (unpaired) electrons. The van der Waals surface area contributed by atoms with E-state index in [9.17, 15) is 12.8 Å². The molecule has 2 aromatic rings. The van der Waals surface area contributed by atoms with Crippen molar-refractivity contribution in [2.45, 2.75) is 31.7 Å². The lowest BCUT2D eigenvalue weighted by atomic mass is 10.1. The van der Waals surface area contributed by atoms with Gasteiger partial charge in [-0.1, -0.05) is 12.1 Å². The summed E-state index contributed by atoms with van der Waals surface area (Å²) in [5, 5.41) is 4.48. The average Bonchev–Trinajstić information content (AvgIpc) is 2.83. The molecule has 2 rings (SSSR count). The lowest BCUT2D eigenvalue weighted by Crippen LogP contribution is -2.22. The molecule has 0 aliphatic carbocycles. The molecule has 26 heavy (non-hydrogen) atoms. The number of aryl methyl sites for hydroxylation is 1. The number of benzene rings is 1. The molecule has 0 saturated carbocycles. The Kier molecular flexibility index (Phi) is 6.33. The van der Waals surface area contributed by atoms with Gasteiger partial charge >= 0.3 is 0 Å². The van der Waals surface area contributed by atoms with E-state index in [2.05, 4.69) is 5.10 Å². The topological polar surface area (TPSA) is 81.2 Å². The summed E-state index contributed by atoms with van der Waals surface area (Å²) in [4.78, 5) is 0.245. The molecule has 1 aromatic heterocycles. The van der Waals surface area contributed by atoms with E-state index < -0.39 is 10.0 Å². The van der Waals surface area contributed by atoms with Crippen molar-refractivity contribution in [2.24, 2.45) is 5.73 Å². The van der Waals surface area contributed by atoms with Crippen molar-refractivity contribution in [3.8, 4) is 0 Å². The monoisotopic (exact) mass is 380 g/mol. The number of allylic oxidation sites excluding steroid dienone is 1. The van der Waals surface area contributed by atoms with E-state index >= 15 is 0 Å². The third kappa shape index (κ3) is 4.38. The summed E-state index contributed by atoms with van der Waals surface area (Å²) >= 11 is 0. The first-order valence-corrected chi connectivity index (χ1v) is 9.69. The lowest BCUT2D eigenvalue weighted by molar-refractivity contribution is 0.520. The summed E-state index contributed by atoms with van der Waals surface area (Å²) in [5.41, 5.74) is 8.76. The van der Waals surface area contributed by atoms with Gasteiger partial charge in [-0.05, 0) is 37.6 Å². The normalized spacial score (nSPS) is 12.8. The van der Waals surface area contributed by atoms with Gasteiger partial charge in [-0.3, -0.25) is 4.68 Å². The third-order valence-electron chi connectivity index (χ3n) is 4.25. The number of nitrogens with two attached hydrogens (primary N) is 1. The Morgan fingerprint density at radius 1 is 1.27 bits per heavy atom. The van der Waals surface area contributed by atoms with E-state index in [0.717, 1.165) is 22.5 Å². The molecule has 0 spiro atoms. The fourth-order valence-corrected chi connectivity index (χ4v) is 3.56. The van der Waals surface area contributed by atoms with Crippen LogP contribution in [0.1, 0.15) is 22.5 Å². The summed E-state index contributed by atoms with van der Waals surface area (Å²) in [6, 6.07) is 6.70. The van der Waals surface area contributed by atoms with Gasteiger partial charge in [-0.2, -0.15) is 5.10 Å². The number of rotatable bonds is 7. The second-order valence-corrected chi connectivity index (χ2v) is 8.45. The van der Waals surface area contributed by atoms with Crippen molar-refractivity contribution in [1.82, 2.24) is 14.1 Å². The molecule has 0 aliphatic rings. The molecule has 142 valence electrons. The lowest BCUT2D eigenvalue weighted by Gasteiger charge is -2.12. The minimum absolute atomic E-state index is 0.167. The smallest absolute Gasteiger partial charge is 0.242 e. The molecule has 2 N–H and O–H groups in total. The van der Waals surface area contributed by atoms with Crippen LogP contribution < -0.4 is 5.73 Å². The summed E-state index contributed by atoms with van der Waals surface area (Å²) in [6.45, 7) is 4.40. The largest absolute Gasteiger partial charge is 0.327 e. The number of nitrogens with zero attached hydrogens (tertiary/aromatic N) is 3. The van der Waals surface area contributed by atoms with Crippen LogP contribution in [0.2, 0.25) is 0 Å². The van der Waals surface area contributed by atoms with E-state index in [0.29, 0.717) is 6.54 Å². The zero-order chi connectivity index (χ0) is 19.5. The fourth-order valence-electron chi connectivity index (χ4n) is 2.66. The third-order valence-corrected chi connectivity index (χ3v) is 6.08. The minimum atomic E-state index is -3.44. The van der Waals surface area contributed by atoms with Gasteiger partial charge in [0.05, 0.1) is 17.1 Å². The molecular weight excluding hydrogens is 355 g/mol. The fraction of sp³-hybridized carbons (Fsp3) is 0.389. The first kappa shape index (κ1) is 20.3. The number of hydrogen-bond acceptors (Lipinski definition) is 4. The molecular formula is C18H25FN4O2S. The first-order valence-electron chi connectivity index (χ1n) is 8.25. The second kappa shape index (κ2) is 8.11. The Balaban J connectivity index is 2.23. The predicted molar refractivity (Wildman–Crippen MR) is 100 cm³/mol. The molecule has 0 bridgehead atoms. The second-order valence-electron chi connectivity index (χ2n) is 6.30. The number of sulfonamides is 1. The zero-order valence-electron chi connectivity index (χ0n) is 15.5. The number of hydrogen-bond donors (Lipinski definition) is 1. The van der Waals surface area contributed by atoms with Gasteiger partial charge in [0.15, 0.2) is 0 Å². The van der Waals surface area contributed by atoms with Crippen LogP contribution in [0.15, 0.2) is 41.1 Å². The maximum atomic E-state index is 13.8. The van der Waals surface area contributed by atoms with Crippen LogP contribution in [0, 0.1) is 13.8 Å². The molecule has 0 unspecified atom stereocenters. The SMILES string of the molecule is Cc1nn(Cc2ccc(S(=O)(=O)N(C)C)cc2)c(C)c1CC(F)=CCN. The molecule has 0 aliphatic heterocycles. The summed E-state index contributed by atoms with van der Waals surface area (Å²) in [5.74, 6) is -0.267. The quantitative estimate of drug-likeness (QED) is 0.798. The Hall–Kier alpha value is -2.03. The van der Waals surface area contributed by atoms with Crippen molar-refractivity contribution < 1.29 is 12.8 Å². The van der Waals surface area contributed by atoms with Crippen LogP contribution in [0.4, 0.5) is 4.39 Å². The molecule has 0 fully saturated rings. The zero-order valence-corrected chi connectivity index (χ0v) is 16.3. The van der Waals surface area contributed by atoms with Gasteiger partial charge in [0.2, 0.25) is 10.0 Å². The summed E-state index contributed by atoms with van der Waals surface area (Å²) < 4.78 is 41.0. The predicted octanol–water partition coefficient (Wildman–Crippen LogP) is 2.15. The van der Waals surface area contributed by atoms with E-state index in [1.54, 1.807) is 28.9 Å². The molecule has 8 heteroatoms. The van der Waals surface area contributed by atoms with Crippen LogP contribution >= 0.6 is 0 Å². The Labute approximate surface area is 154 Å². The van der Waals surface area contributed by atoms with Gasteiger partial charge in [0.25, 0.3) is 0 Å². The summed E-state index contributed by atoms with van der Waals surface area (Å²) in [7, 11) is -0.446. The van der Waals surface area contributed by atoms with Gasteiger partial charge in [-0.15, -0.1) is 0 Å². The summed E-state index contributed by atoms with van der Waals surface area (Å²) in [6.07, 6.45) is 1.54. The average molecular weight is 380 g/mol. The maximum absolute atomic E-state index is 13.8. The highest BCUT2D eigenvalue weighted by molar-refractivity contribution is 7.89. The standard InChI is InChI=1S/C18H25FN4O2S/c1-13-18(11-16(19)9-10-20)14(2)23(21-13)12-15-5-7-17(8-6-15)26(24,25)22(3)4/h5-9H,10-12,20H2,1-4H3. The van der Waals surface area contributed by atoms with Crippen molar-refractivity contribution in [3.63, 3.8) is 0 Å². The van der Waals surface area contributed by atoms with Crippen molar-refractivity contribution in [2.75, 3.05) is 20.6 Å². The molecule has 1 heterocycles. The van der Waals surface area contributed by atoms with E-state index in [4.69, 9.17) is 5.73 Å². The van der Waals surface area contributed by atoms with Gasteiger partial charge in [0, 0.05) is 38.3 Å². The van der Waals surface area contributed by atoms with Gasteiger partial charge in [0.1, 0.15) is 5.83 Å². The minimum Gasteiger partial charge on any atom is -0.327 e. The van der Waals surface area contributed by atoms with Crippen LogP contribution in [0.5, 0.6) is 0 Å². The van der Waals surface area contributed by atoms with E-state index in [1.165, 1.54) is 24.5 Å². The maximum Gasteiger partial charge on any atom is 0.242 e. The van der Waals surface area contributed by atoms with Crippen LogP contribution in [-0.4, -0.2) is 43.1 Å². The Bertz CT molecular complexity index is 900. The highest BCUT2D eigenvalue weighted by atomic mass is 32.2. The van der Waals surface area contributed by atoms with Crippen LogP contribution in [0.25, 0.3) is 0 Å². The van der Waals surface area contributed by atoms with Crippen LogP contribution in [-0.2, 0) is 23.0 Å². The molecule has 6 nitrogen and oxygen atoms in total. The first-order chi connectivity index (χ1) is 12.2. The van der Waals surface area contributed by atoms with Crippen molar-refractivity contribution >= 4 is 10.0 Å². The van der Waals surface area contributed by atoms with E-state index in [-0.39, 0.29) is 23.7 Å². The Morgan fingerprint density at radius 3 is 2.42 bits per heavy atom. The molecule has 1 aromatic carbocycles. The molecule has 0 saturated heterocycles. The number of aromatic nitrogens is 2. The molecule has 0 amide bonds. The van der Waals surface area contributed by atoms with Crippen molar-refractivity contribution in [1.29, 1.82) is 0 Å². The van der Waals surface area contributed by atoms with E-state index in [1.807, 2.05) is 13.8 Å². The molecule has 0 atom stereocenters. The highest BCUT2D eigenvalue weighted by Gasteiger charge is 2.17.